The Kier molecular flexibility index (Phi) is 6.19. The van der Waals surface area contributed by atoms with Crippen LogP contribution in [0.2, 0.25) is 0 Å². The van der Waals surface area contributed by atoms with Crippen LogP contribution >= 0.6 is 27.3 Å². The van der Waals surface area contributed by atoms with Crippen molar-refractivity contribution in [2.75, 3.05) is 13.2 Å². The number of hydrogen-bond donors (Lipinski definition) is 1. The number of fused-ring (bicyclic) bond motifs is 3. The summed E-state index contributed by atoms with van der Waals surface area (Å²) in [6, 6.07) is 3.80. The summed E-state index contributed by atoms with van der Waals surface area (Å²) in [6.45, 7) is 11.8. The quantitative estimate of drug-likeness (QED) is 0.438. The molecule has 1 N–H and O–H groups in total. The normalized spacial score (nSPS) is 16.4. The first-order chi connectivity index (χ1) is 14.7. The van der Waals surface area contributed by atoms with Crippen molar-refractivity contribution >= 4 is 37.5 Å². The smallest absolute Gasteiger partial charge is 0.260 e. The van der Waals surface area contributed by atoms with Gasteiger partial charge < -0.3 is 14.5 Å². The molecule has 1 aromatic carbocycles. The van der Waals surface area contributed by atoms with Crippen molar-refractivity contribution in [3.05, 3.63) is 37.4 Å². The summed E-state index contributed by atoms with van der Waals surface area (Å²) in [4.78, 5) is 23.1. The lowest BCUT2D eigenvalue weighted by atomic mass is 9.72. The molecule has 0 saturated carbocycles. The van der Waals surface area contributed by atoms with Gasteiger partial charge in [-0.25, -0.2) is 4.98 Å². The fourth-order valence-electron chi connectivity index (χ4n) is 4.31. The number of aromatic amines is 1. The van der Waals surface area contributed by atoms with Gasteiger partial charge in [-0.15, -0.1) is 11.3 Å². The van der Waals surface area contributed by atoms with E-state index in [4.69, 9.17) is 14.5 Å². The monoisotopic (exact) mass is 504 g/mol. The number of H-pyrrole nitrogens is 1. The molecule has 4 rings (SSSR count). The second kappa shape index (κ2) is 8.58. The van der Waals surface area contributed by atoms with E-state index < -0.39 is 0 Å². The van der Waals surface area contributed by atoms with Crippen LogP contribution in [0, 0.1) is 11.3 Å². The maximum absolute atomic E-state index is 13.1. The van der Waals surface area contributed by atoms with Crippen LogP contribution in [0.5, 0.6) is 11.5 Å². The first-order valence-electron chi connectivity index (χ1n) is 10.9. The zero-order valence-corrected chi connectivity index (χ0v) is 21.1. The number of ether oxygens (including phenoxy) is 2. The first-order valence-corrected chi connectivity index (χ1v) is 12.5. The third kappa shape index (κ3) is 4.27. The van der Waals surface area contributed by atoms with E-state index >= 15 is 0 Å². The van der Waals surface area contributed by atoms with Crippen molar-refractivity contribution in [3.8, 4) is 22.9 Å². The first kappa shape index (κ1) is 22.3. The van der Waals surface area contributed by atoms with Crippen molar-refractivity contribution in [1.82, 2.24) is 9.97 Å². The molecule has 0 radical (unpaired) electrons. The summed E-state index contributed by atoms with van der Waals surface area (Å²) in [5, 5.41) is 0.770. The number of thiophene rings is 1. The maximum atomic E-state index is 13.1. The van der Waals surface area contributed by atoms with E-state index in [0.29, 0.717) is 36.5 Å². The zero-order valence-electron chi connectivity index (χ0n) is 18.7. The van der Waals surface area contributed by atoms with Crippen LogP contribution in [0.15, 0.2) is 21.4 Å². The molecule has 166 valence electrons. The van der Waals surface area contributed by atoms with Crippen LogP contribution < -0.4 is 15.0 Å². The van der Waals surface area contributed by atoms with Gasteiger partial charge in [-0.3, -0.25) is 4.79 Å². The van der Waals surface area contributed by atoms with Crippen LogP contribution in [0.4, 0.5) is 0 Å². The summed E-state index contributed by atoms with van der Waals surface area (Å²) in [7, 11) is 0. The van der Waals surface area contributed by atoms with Gasteiger partial charge in [-0.1, -0.05) is 20.8 Å². The molecule has 31 heavy (non-hydrogen) atoms. The predicted octanol–water partition coefficient (Wildman–Crippen LogP) is 6.36. The molecule has 0 spiro atoms. The Balaban J connectivity index is 1.79. The van der Waals surface area contributed by atoms with Gasteiger partial charge in [0.25, 0.3) is 5.56 Å². The standard InChI is InChI=1S/C24H29BrN2O3S/c1-6-29-17-11-13(10-16(25)20(17)30-7-2)21-26-22(28)19-15-9-8-14(24(3,4)5)12-18(15)31-23(19)27-21/h10-11,14H,6-9,12H2,1-5H3,(H,26,27,28). The minimum Gasteiger partial charge on any atom is -0.490 e. The highest BCUT2D eigenvalue weighted by Gasteiger charge is 2.31. The second-order valence-corrected chi connectivity index (χ2v) is 11.0. The van der Waals surface area contributed by atoms with Gasteiger partial charge in [0.05, 0.1) is 23.1 Å². The van der Waals surface area contributed by atoms with Crippen molar-refractivity contribution in [2.24, 2.45) is 11.3 Å². The molecular weight excluding hydrogens is 476 g/mol. The van der Waals surface area contributed by atoms with Crippen molar-refractivity contribution in [3.63, 3.8) is 0 Å². The molecule has 2 aromatic heterocycles. The Hall–Kier alpha value is -1.86. The second-order valence-electron chi connectivity index (χ2n) is 9.06. The average molecular weight is 505 g/mol. The molecule has 0 saturated heterocycles. The Morgan fingerprint density at radius 3 is 2.65 bits per heavy atom. The Bertz CT molecular complexity index is 1180. The van der Waals surface area contributed by atoms with E-state index in [1.54, 1.807) is 11.3 Å². The van der Waals surface area contributed by atoms with Gasteiger partial charge >= 0.3 is 0 Å². The molecular formula is C24H29BrN2O3S. The van der Waals surface area contributed by atoms with Crippen LogP contribution in [0.25, 0.3) is 21.6 Å². The molecule has 0 aliphatic heterocycles. The summed E-state index contributed by atoms with van der Waals surface area (Å²) in [6.07, 6.45) is 3.09. The van der Waals surface area contributed by atoms with Crippen LogP contribution in [-0.2, 0) is 12.8 Å². The number of nitrogens with zero attached hydrogens (tertiary/aromatic N) is 1. The molecule has 1 aliphatic carbocycles. The minimum atomic E-state index is -0.0605. The number of benzene rings is 1. The van der Waals surface area contributed by atoms with Crippen molar-refractivity contribution < 1.29 is 9.47 Å². The van der Waals surface area contributed by atoms with Crippen LogP contribution in [0.3, 0.4) is 0 Å². The fourth-order valence-corrected chi connectivity index (χ4v) is 6.17. The third-order valence-electron chi connectivity index (χ3n) is 6.02. The SMILES string of the molecule is CCOc1cc(-c2nc3sc4c(c3c(=O)[nH]2)CCC(C(C)(C)C)C4)cc(Br)c1OCC. The Morgan fingerprint density at radius 1 is 1.23 bits per heavy atom. The summed E-state index contributed by atoms with van der Waals surface area (Å²) in [5.41, 5.74) is 2.19. The van der Waals surface area contributed by atoms with E-state index in [0.717, 1.165) is 39.5 Å². The molecule has 0 amide bonds. The molecule has 1 unspecified atom stereocenters. The van der Waals surface area contributed by atoms with Gasteiger partial charge in [0.15, 0.2) is 11.5 Å². The minimum absolute atomic E-state index is 0.0605. The van der Waals surface area contributed by atoms with Gasteiger partial charge in [-0.05, 0) is 78.1 Å². The molecule has 7 heteroatoms. The molecule has 1 atom stereocenters. The topological polar surface area (TPSA) is 64.2 Å². The Labute approximate surface area is 195 Å². The molecule has 5 nitrogen and oxygen atoms in total. The van der Waals surface area contributed by atoms with E-state index in [-0.39, 0.29) is 11.0 Å². The maximum Gasteiger partial charge on any atom is 0.260 e. The number of rotatable bonds is 5. The number of nitrogens with one attached hydrogen (secondary N) is 1. The van der Waals surface area contributed by atoms with Gasteiger partial charge in [0.1, 0.15) is 10.7 Å². The molecule has 0 fully saturated rings. The summed E-state index contributed by atoms with van der Waals surface area (Å²) < 4.78 is 12.3. The van der Waals surface area contributed by atoms with E-state index in [1.807, 2.05) is 26.0 Å². The zero-order chi connectivity index (χ0) is 22.3. The lowest BCUT2D eigenvalue weighted by Gasteiger charge is -2.33. The van der Waals surface area contributed by atoms with E-state index in [2.05, 4.69) is 41.7 Å². The van der Waals surface area contributed by atoms with E-state index in [1.165, 1.54) is 10.4 Å². The molecule has 0 bridgehead atoms. The molecule has 2 heterocycles. The molecule has 1 aliphatic rings. The number of hydrogen-bond acceptors (Lipinski definition) is 5. The Morgan fingerprint density at radius 2 is 1.97 bits per heavy atom. The number of halogens is 1. The summed E-state index contributed by atoms with van der Waals surface area (Å²) in [5.74, 6) is 2.47. The predicted molar refractivity (Wildman–Crippen MR) is 131 cm³/mol. The molecule has 3 aromatic rings. The average Bonchev–Trinajstić information content (AvgIpc) is 3.08. The lowest BCUT2D eigenvalue weighted by molar-refractivity contribution is 0.218. The third-order valence-corrected chi connectivity index (χ3v) is 7.75. The summed E-state index contributed by atoms with van der Waals surface area (Å²) >= 11 is 5.26. The van der Waals surface area contributed by atoms with Gasteiger partial charge in [0, 0.05) is 10.4 Å². The fraction of sp³-hybridized carbons (Fsp3) is 0.500. The van der Waals surface area contributed by atoms with Crippen LogP contribution in [-0.4, -0.2) is 23.2 Å². The van der Waals surface area contributed by atoms with Gasteiger partial charge in [-0.2, -0.15) is 0 Å². The van der Waals surface area contributed by atoms with Crippen molar-refractivity contribution in [1.29, 1.82) is 0 Å². The largest absolute Gasteiger partial charge is 0.490 e. The van der Waals surface area contributed by atoms with Gasteiger partial charge in [0.2, 0.25) is 0 Å². The number of aromatic nitrogens is 2. The highest BCUT2D eigenvalue weighted by Crippen LogP contribution is 2.43. The highest BCUT2D eigenvalue weighted by atomic mass is 79.9. The highest BCUT2D eigenvalue weighted by molar-refractivity contribution is 9.10. The lowest BCUT2D eigenvalue weighted by Crippen LogP contribution is -2.26. The van der Waals surface area contributed by atoms with Crippen molar-refractivity contribution in [2.45, 2.75) is 53.9 Å². The van der Waals surface area contributed by atoms with Crippen LogP contribution in [0.1, 0.15) is 51.5 Å². The van der Waals surface area contributed by atoms with E-state index in [9.17, 15) is 4.79 Å². The number of aryl methyl sites for hydroxylation is 1.